The number of nitrogens with two attached hydrogens (primary N) is 1. The van der Waals surface area contributed by atoms with Crippen LogP contribution >= 0.6 is 0 Å². The molecule has 0 spiro atoms. The van der Waals surface area contributed by atoms with Gasteiger partial charge >= 0.3 is 5.97 Å². The van der Waals surface area contributed by atoms with E-state index in [-0.39, 0.29) is 13.2 Å². The predicted molar refractivity (Wildman–Crippen MR) is 59.9 cm³/mol. The SMILES string of the molecule is COCCOC(=O)c1c(F)cccc1S(N)(=O)=O. The van der Waals surface area contributed by atoms with Gasteiger partial charge in [-0.3, -0.25) is 0 Å². The highest BCUT2D eigenvalue weighted by Crippen LogP contribution is 2.18. The Bertz CT molecular complexity index is 543. The van der Waals surface area contributed by atoms with Crippen molar-refractivity contribution in [1.82, 2.24) is 0 Å². The van der Waals surface area contributed by atoms with Crippen LogP contribution in [0.5, 0.6) is 0 Å². The van der Waals surface area contributed by atoms with E-state index < -0.39 is 32.3 Å². The summed E-state index contributed by atoms with van der Waals surface area (Å²) < 4.78 is 45.2. The van der Waals surface area contributed by atoms with Crippen molar-refractivity contribution in [1.29, 1.82) is 0 Å². The Morgan fingerprint density at radius 1 is 1.39 bits per heavy atom. The normalized spacial score (nSPS) is 11.3. The van der Waals surface area contributed by atoms with Gasteiger partial charge in [-0.25, -0.2) is 22.7 Å². The highest BCUT2D eigenvalue weighted by molar-refractivity contribution is 7.89. The fraction of sp³-hybridized carbons (Fsp3) is 0.300. The number of carbonyl (C=O) groups excluding carboxylic acids is 1. The van der Waals surface area contributed by atoms with Crippen LogP contribution in [0.3, 0.4) is 0 Å². The third-order valence-electron chi connectivity index (χ3n) is 2.01. The first-order valence-electron chi connectivity index (χ1n) is 4.85. The first-order valence-corrected chi connectivity index (χ1v) is 6.40. The van der Waals surface area contributed by atoms with E-state index in [2.05, 4.69) is 9.47 Å². The Morgan fingerprint density at radius 2 is 2.06 bits per heavy atom. The fourth-order valence-electron chi connectivity index (χ4n) is 1.23. The second-order valence-corrected chi connectivity index (χ2v) is 4.82. The maximum absolute atomic E-state index is 13.5. The summed E-state index contributed by atoms with van der Waals surface area (Å²) in [7, 11) is -2.81. The number of esters is 1. The number of hydrogen-bond donors (Lipinski definition) is 1. The van der Waals surface area contributed by atoms with E-state index in [1.165, 1.54) is 7.11 Å². The summed E-state index contributed by atoms with van der Waals surface area (Å²) in [6.45, 7) is -0.00136. The minimum atomic E-state index is -4.20. The third kappa shape index (κ3) is 3.49. The van der Waals surface area contributed by atoms with Gasteiger partial charge in [0.2, 0.25) is 10.0 Å². The van der Waals surface area contributed by atoms with Crippen LogP contribution in [-0.2, 0) is 19.5 Å². The van der Waals surface area contributed by atoms with E-state index in [0.29, 0.717) is 0 Å². The number of hydrogen-bond acceptors (Lipinski definition) is 5. The Labute approximate surface area is 104 Å². The zero-order valence-corrected chi connectivity index (χ0v) is 10.4. The standard InChI is InChI=1S/C10H12FNO5S/c1-16-5-6-17-10(13)9-7(11)3-2-4-8(9)18(12,14)15/h2-4H,5-6H2,1H3,(H2,12,14,15). The zero-order chi connectivity index (χ0) is 13.8. The summed E-state index contributed by atoms with van der Waals surface area (Å²) in [5.74, 6) is -2.11. The molecule has 0 saturated heterocycles. The van der Waals surface area contributed by atoms with Crippen molar-refractivity contribution in [3.8, 4) is 0 Å². The molecule has 0 saturated carbocycles. The van der Waals surface area contributed by atoms with Gasteiger partial charge in [0.1, 0.15) is 18.0 Å². The number of halogens is 1. The predicted octanol–water partition coefficient (Wildman–Crippen LogP) is 0.276. The van der Waals surface area contributed by atoms with Crippen molar-refractivity contribution in [3.63, 3.8) is 0 Å². The van der Waals surface area contributed by atoms with Crippen LogP contribution in [0.25, 0.3) is 0 Å². The van der Waals surface area contributed by atoms with Crippen molar-refractivity contribution in [2.24, 2.45) is 5.14 Å². The molecule has 0 amide bonds. The molecule has 0 aliphatic carbocycles. The first-order chi connectivity index (χ1) is 8.38. The van der Waals surface area contributed by atoms with Crippen LogP contribution in [0, 0.1) is 5.82 Å². The molecule has 18 heavy (non-hydrogen) atoms. The van der Waals surface area contributed by atoms with Gasteiger partial charge in [-0.1, -0.05) is 6.07 Å². The summed E-state index contributed by atoms with van der Waals surface area (Å²) in [5.41, 5.74) is -0.698. The van der Waals surface area contributed by atoms with E-state index in [4.69, 9.17) is 5.14 Å². The number of benzene rings is 1. The monoisotopic (exact) mass is 277 g/mol. The van der Waals surface area contributed by atoms with Crippen LogP contribution in [0.4, 0.5) is 4.39 Å². The van der Waals surface area contributed by atoms with Crippen molar-refractivity contribution >= 4 is 16.0 Å². The van der Waals surface area contributed by atoms with Crippen LogP contribution < -0.4 is 5.14 Å². The highest BCUT2D eigenvalue weighted by atomic mass is 32.2. The minimum absolute atomic E-state index is 0.116. The average Bonchev–Trinajstić information content (AvgIpc) is 2.27. The summed E-state index contributed by atoms with van der Waals surface area (Å²) >= 11 is 0. The Hall–Kier alpha value is -1.51. The molecule has 0 radical (unpaired) electrons. The van der Waals surface area contributed by atoms with Crippen LogP contribution in [0.1, 0.15) is 10.4 Å². The lowest BCUT2D eigenvalue weighted by molar-refractivity contribution is 0.0378. The minimum Gasteiger partial charge on any atom is -0.460 e. The van der Waals surface area contributed by atoms with Gasteiger partial charge in [0, 0.05) is 7.11 Å². The van der Waals surface area contributed by atoms with Crippen molar-refractivity contribution in [3.05, 3.63) is 29.6 Å². The number of carbonyl (C=O) groups is 1. The Kier molecular flexibility index (Phi) is 4.76. The molecular weight excluding hydrogens is 265 g/mol. The Balaban J connectivity index is 3.11. The van der Waals surface area contributed by atoms with Crippen LogP contribution in [0.2, 0.25) is 0 Å². The van der Waals surface area contributed by atoms with E-state index in [1.54, 1.807) is 0 Å². The van der Waals surface area contributed by atoms with Crippen molar-refractivity contribution in [2.75, 3.05) is 20.3 Å². The summed E-state index contributed by atoms with van der Waals surface area (Å²) in [6.07, 6.45) is 0. The van der Waals surface area contributed by atoms with Gasteiger partial charge in [-0.05, 0) is 12.1 Å². The fourth-order valence-corrected chi connectivity index (χ4v) is 1.96. The smallest absolute Gasteiger partial charge is 0.342 e. The Morgan fingerprint density at radius 3 is 2.61 bits per heavy atom. The molecule has 6 nitrogen and oxygen atoms in total. The van der Waals surface area contributed by atoms with Crippen molar-refractivity contribution in [2.45, 2.75) is 4.90 Å². The molecule has 100 valence electrons. The lowest BCUT2D eigenvalue weighted by Crippen LogP contribution is -2.20. The van der Waals surface area contributed by atoms with Crippen molar-refractivity contribution < 1.29 is 27.1 Å². The zero-order valence-electron chi connectivity index (χ0n) is 9.55. The second kappa shape index (κ2) is 5.89. The van der Waals surface area contributed by atoms with E-state index in [1.807, 2.05) is 0 Å². The van der Waals surface area contributed by atoms with Gasteiger partial charge in [0.15, 0.2) is 0 Å². The van der Waals surface area contributed by atoms with Gasteiger partial charge in [-0.2, -0.15) is 0 Å². The largest absolute Gasteiger partial charge is 0.460 e. The molecular formula is C10H12FNO5S. The summed E-state index contributed by atoms with van der Waals surface area (Å²) in [4.78, 5) is 11.0. The lowest BCUT2D eigenvalue weighted by atomic mass is 10.2. The molecule has 0 aromatic heterocycles. The molecule has 8 heteroatoms. The molecule has 0 unspecified atom stereocenters. The van der Waals surface area contributed by atoms with E-state index in [9.17, 15) is 17.6 Å². The van der Waals surface area contributed by atoms with E-state index in [0.717, 1.165) is 18.2 Å². The second-order valence-electron chi connectivity index (χ2n) is 3.29. The number of primary sulfonamides is 1. The number of ether oxygens (including phenoxy) is 2. The third-order valence-corrected chi connectivity index (χ3v) is 2.96. The number of rotatable bonds is 5. The maximum atomic E-state index is 13.5. The molecule has 0 fully saturated rings. The van der Waals surface area contributed by atoms with Crippen LogP contribution in [-0.4, -0.2) is 34.7 Å². The van der Waals surface area contributed by atoms with Gasteiger partial charge < -0.3 is 9.47 Å². The number of methoxy groups -OCH3 is 1. The molecule has 0 atom stereocenters. The number of sulfonamides is 1. The molecule has 0 heterocycles. The maximum Gasteiger partial charge on any atom is 0.342 e. The quantitative estimate of drug-likeness (QED) is 0.616. The van der Waals surface area contributed by atoms with Gasteiger partial charge in [0.05, 0.1) is 11.5 Å². The summed E-state index contributed by atoms with van der Waals surface area (Å²) in [5, 5.41) is 4.89. The molecule has 0 aliphatic rings. The van der Waals surface area contributed by atoms with Gasteiger partial charge in [-0.15, -0.1) is 0 Å². The molecule has 2 N–H and O–H groups in total. The van der Waals surface area contributed by atoms with E-state index >= 15 is 0 Å². The summed E-state index contributed by atoms with van der Waals surface area (Å²) in [6, 6.07) is 3.12. The lowest BCUT2D eigenvalue weighted by Gasteiger charge is -2.08. The topological polar surface area (TPSA) is 95.7 Å². The molecule has 0 bridgehead atoms. The molecule has 1 aromatic carbocycles. The van der Waals surface area contributed by atoms with Crippen LogP contribution in [0.15, 0.2) is 23.1 Å². The molecule has 1 aromatic rings. The molecule has 0 aliphatic heterocycles. The van der Waals surface area contributed by atoms with Gasteiger partial charge in [0.25, 0.3) is 0 Å². The average molecular weight is 277 g/mol. The highest BCUT2D eigenvalue weighted by Gasteiger charge is 2.24. The first kappa shape index (κ1) is 14.6. The molecule has 1 rings (SSSR count).